The van der Waals surface area contributed by atoms with Crippen molar-refractivity contribution in [2.24, 2.45) is 0 Å². The summed E-state index contributed by atoms with van der Waals surface area (Å²) in [6, 6.07) is 3.96. The van der Waals surface area contributed by atoms with Gasteiger partial charge < -0.3 is 20.5 Å². The Morgan fingerprint density at radius 2 is 2.10 bits per heavy atom. The number of fused-ring (bicyclic) bond motifs is 1. The molecule has 9 heteroatoms. The second-order valence-electron chi connectivity index (χ2n) is 3.85. The Bertz CT molecular complexity index is 689. The van der Waals surface area contributed by atoms with Crippen molar-refractivity contribution in [3.05, 3.63) is 29.3 Å². The zero-order valence-corrected chi connectivity index (χ0v) is 10.5. The number of halogens is 2. The van der Waals surface area contributed by atoms with Gasteiger partial charge in [-0.15, -0.1) is 8.78 Å². The Morgan fingerprint density at radius 1 is 1.35 bits per heavy atom. The molecule has 20 heavy (non-hydrogen) atoms. The molecule has 3 N–H and O–H groups in total. The molecule has 3 rings (SSSR count). The fourth-order valence-electron chi connectivity index (χ4n) is 1.61. The highest BCUT2D eigenvalue weighted by molar-refractivity contribution is 7.17. The zero-order chi connectivity index (χ0) is 14.3. The number of nitrogens with zero attached hydrogens (tertiary/aromatic N) is 1. The number of nitrogens with one attached hydrogen (secondary N) is 1. The van der Waals surface area contributed by atoms with Gasteiger partial charge in [0.1, 0.15) is 4.88 Å². The second-order valence-corrected chi connectivity index (χ2v) is 4.91. The van der Waals surface area contributed by atoms with Gasteiger partial charge in [-0.1, -0.05) is 11.3 Å². The molecule has 1 aromatic carbocycles. The van der Waals surface area contributed by atoms with Crippen LogP contribution in [0.25, 0.3) is 0 Å². The summed E-state index contributed by atoms with van der Waals surface area (Å²) in [6.07, 6.45) is -2.35. The van der Waals surface area contributed by atoms with E-state index in [4.69, 9.17) is 5.73 Å². The summed E-state index contributed by atoms with van der Waals surface area (Å²) in [4.78, 5) is 15.9. The molecular formula is C11H7F2N3O3S. The number of aromatic nitrogens is 1. The first-order chi connectivity index (χ1) is 9.43. The molecule has 0 aliphatic carbocycles. The third-order valence-corrected chi connectivity index (χ3v) is 3.23. The third kappa shape index (κ3) is 2.35. The SMILES string of the molecule is Nc1ncc(C(=O)Nc2ccc3c(c2)OC(F)(F)O3)s1. The largest absolute Gasteiger partial charge is 0.586 e. The van der Waals surface area contributed by atoms with Crippen LogP contribution in [-0.4, -0.2) is 17.2 Å². The molecule has 0 saturated carbocycles. The molecular weight excluding hydrogens is 292 g/mol. The summed E-state index contributed by atoms with van der Waals surface area (Å²) >= 11 is 1.02. The molecule has 1 aliphatic heterocycles. The fraction of sp³-hybridized carbons (Fsp3) is 0.0909. The first kappa shape index (κ1) is 12.6. The smallest absolute Gasteiger partial charge is 0.395 e. The number of nitrogen functional groups attached to an aromatic ring is 1. The Kier molecular flexibility index (Phi) is 2.71. The first-order valence-electron chi connectivity index (χ1n) is 5.35. The minimum Gasteiger partial charge on any atom is -0.395 e. The molecule has 1 aliphatic rings. The van der Waals surface area contributed by atoms with Crippen LogP contribution in [0, 0.1) is 0 Å². The molecule has 0 saturated heterocycles. The molecule has 1 amide bonds. The molecule has 0 atom stereocenters. The summed E-state index contributed by atoms with van der Waals surface area (Å²) in [5.74, 6) is -0.670. The molecule has 0 unspecified atom stereocenters. The Hall–Kier alpha value is -2.42. The van der Waals surface area contributed by atoms with E-state index in [2.05, 4.69) is 19.8 Å². The molecule has 0 radical (unpaired) electrons. The van der Waals surface area contributed by atoms with Crippen LogP contribution < -0.4 is 20.5 Å². The number of hydrogen-bond acceptors (Lipinski definition) is 6. The number of ether oxygens (including phenoxy) is 2. The standard InChI is InChI=1S/C11H7F2N3O3S/c12-11(13)18-6-2-1-5(3-7(6)19-11)16-9(17)8-4-15-10(14)20-8/h1-4H,(H2,14,15)(H,16,17). The topological polar surface area (TPSA) is 86.5 Å². The zero-order valence-electron chi connectivity index (χ0n) is 9.72. The predicted octanol–water partition coefficient (Wildman–Crippen LogP) is 2.30. The van der Waals surface area contributed by atoms with Gasteiger partial charge in [-0.2, -0.15) is 0 Å². The molecule has 2 heterocycles. The molecule has 1 aromatic heterocycles. The third-order valence-electron chi connectivity index (χ3n) is 2.41. The number of thiazole rings is 1. The fourth-order valence-corrected chi connectivity index (χ4v) is 2.19. The van der Waals surface area contributed by atoms with Crippen LogP contribution >= 0.6 is 11.3 Å². The van der Waals surface area contributed by atoms with Gasteiger partial charge in [-0.05, 0) is 12.1 Å². The van der Waals surface area contributed by atoms with Crippen molar-refractivity contribution in [3.8, 4) is 11.5 Å². The van der Waals surface area contributed by atoms with Crippen molar-refractivity contribution in [2.45, 2.75) is 6.29 Å². The van der Waals surface area contributed by atoms with Crippen molar-refractivity contribution in [1.82, 2.24) is 4.98 Å². The van der Waals surface area contributed by atoms with Crippen molar-refractivity contribution in [2.75, 3.05) is 11.1 Å². The normalized spacial score (nSPS) is 15.1. The number of carbonyl (C=O) groups excluding carboxylic acids is 1. The summed E-state index contributed by atoms with van der Waals surface area (Å²) in [5.41, 5.74) is 5.71. The van der Waals surface area contributed by atoms with Gasteiger partial charge in [-0.3, -0.25) is 4.79 Å². The average molecular weight is 299 g/mol. The summed E-state index contributed by atoms with van der Waals surface area (Å²) in [5, 5.41) is 2.79. The molecule has 6 nitrogen and oxygen atoms in total. The van der Waals surface area contributed by atoms with Gasteiger partial charge in [0, 0.05) is 11.8 Å². The number of hydrogen-bond donors (Lipinski definition) is 2. The molecule has 2 aromatic rings. The van der Waals surface area contributed by atoms with E-state index < -0.39 is 12.2 Å². The lowest BCUT2D eigenvalue weighted by atomic mass is 10.2. The van der Waals surface area contributed by atoms with E-state index in [1.807, 2.05) is 0 Å². The minimum atomic E-state index is -3.68. The maximum atomic E-state index is 12.8. The number of benzene rings is 1. The van der Waals surface area contributed by atoms with Crippen molar-refractivity contribution in [3.63, 3.8) is 0 Å². The van der Waals surface area contributed by atoms with Crippen molar-refractivity contribution < 1.29 is 23.0 Å². The van der Waals surface area contributed by atoms with E-state index in [1.165, 1.54) is 24.4 Å². The predicted molar refractivity (Wildman–Crippen MR) is 67.1 cm³/mol. The van der Waals surface area contributed by atoms with Crippen LogP contribution in [0.2, 0.25) is 0 Å². The monoisotopic (exact) mass is 299 g/mol. The number of amides is 1. The van der Waals surface area contributed by atoms with Crippen LogP contribution in [0.4, 0.5) is 19.6 Å². The quantitative estimate of drug-likeness (QED) is 0.888. The lowest BCUT2D eigenvalue weighted by Gasteiger charge is -2.04. The van der Waals surface area contributed by atoms with Crippen LogP contribution in [0.15, 0.2) is 24.4 Å². The van der Waals surface area contributed by atoms with E-state index in [0.717, 1.165) is 11.3 Å². The van der Waals surface area contributed by atoms with E-state index >= 15 is 0 Å². The summed E-state index contributed by atoms with van der Waals surface area (Å²) < 4.78 is 34.2. The molecule has 0 bridgehead atoms. The molecule has 104 valence electrons. The Morgan fingerprint density at radius 3 is 2.80 bits per heavy atom. The van der Waals surface area contributed by atoms with E-state index in [0.29, 0.717) is 10.6 Å². The maximum Gasteiger partial charge on any atom is 0.586 e. The van der Waals surface area contributed by atoms with Gasteiger partial charge in [0.15, 0.2) is 16.6 Å². The summed E-state index contributed by atoms with van der Waals surface area (Å²) in [6.45, 7) is 0. The number of carbonyl (C=O) groups is 1. The van der Waals surface area contributed by atoms with Crippen LogP contribution in [-0.2, 0) is 0 Å². The van der Waals surface area contributed by atoms with Crippen molar-refractivity contribution in [1.29, 1.82) is 0 Å². The minimum absolute atomic E-state index is 0.0879. The number of rotatable bonds is 2. The summed E-state index contributed by atoms with van der Waals surface area (Å²) in [7, 11) is 0. The Labute approximate surface area is 115 Å². The molecule has 0 fully saturated rings. The maximum absolute atomic E-state index is 12.8. The van der Waals surface area contributed by atoms with Gasteiger partial charge in [0.2, 0.25) is 0 Å². The van der Waals surface area contributed by atoms with E-state index in [9.17, 15) is 13.6 Å². The highest BCUT2D eigenvalue weighted by atomic mass is 32.1. The van der Waals surface area contributed by atoms with Gasteiger partial charge in [-0.25, -0.2) is 4.98 Å². The van der Waals surface area contributed by atoms with Gasteiger partial charge >= 0.3 is 6.29 Å². The Balaban J connectivity index is 1.78. The van der Waals surface area contributed by atoms with Crippen LogP contribution in [0.3, 0.4) is 0 Å². The number of anilines is 2. The van der Waals surface area contributed by atoms with Crippen molar-refractivity contribution >= 4 is 28.1 Å². The lowest BCUT2D eigenvalue weighted by molar-refractivity contribution is -0.286. The number of alkyl halides is 2. The average Bonchev–Trinajstić information content (AvgIpc) is 2.90. The van der Waals surface area contributed by atoms with E-state index in [1.54, 1.807) is 0 Å². The first-order valence-corrected chi connectivity index (χ1v) is 6.17. The van der Waals surface area contributed by atoms with Crippen LogP contribution in [0.1, 0.15) is 9.67 Å². The van der Waals surface area contributed by atoms with E-state index in [-0.39, 0.29) is 16.6 Å². The van der Waals surface area contributed by atoms with Gasteiger partial charge in [0.25, 0.3) is 5.91 Å². The lowest BCUT2D eigenvalue weighted by Crippen LogP contribution is -2.25. The highest BCUT2D eigenvalue weighted by Gasteiger charge is 2.43. The number of nitrogens with two attached hydrogens (primary N) is 1. The highest BCUT2D eigenvalue weighted by Crippen LogP contribution is 2.42. The molecule has 0 spiro atoms. The van der Waals surface area contributed by atoms with Gasteiger partial charge in [0.05, 0.1) is 6.20 Å². The second kappa shape index (κ2) is 4.30. The van der Waals surface area contributed by atoms with Crippen LogP contribution in [0.5, 0.6) is 11.5 Å².